The van der Waals surface area contributed by atoms with Gasteiger partial charge in [-0.25, -0.2) is 0 Å². The van der Waals surface area contributed by atoms with E-state index in [1.54, 1.807) is 12.5 Å². The van der Waals surface area contributed by atoms with Crippen molar-refractivity contribution in [2.75, 3.05) is 0 Å². The smallest absolute Gasteiger partial charge is 0.136 e. The average Bonchev–Trinajstić information content (AvgIpc) is 2.22. The molecule has 0 aliphatic heterocycles. The molecule has 0 heterocycles. The van der Waals surface area contributed by atoms with Gasteiger partial charge in [-0.15, -0.1) is 0 Å². The fourth-order valence-electron chi connectivity index (χ4n) is 4.15. The molecule has 1 heteroatoms. The highest BCUT2D eigenvalue weighted by molar-refractivity contribution is 5.82. The van der Waals surface area contributed by atoms with E-state index >= 15 is 0 Å². The van der Waals surface area contributed by atoms with Crippen LogP contribution in [0.1, 0.15) is 60.3 Å². The standard InChI is InChI=1S/C16H26O/c1-11-14-13(7-6-9-15(14,3)4)8-10-16(11,5)12(2)17/h8,11,14H,6-7,9-10H2,1-5H3/t11?,14?,16-/m0/s1. The summed E-state index contributed by atoms with van der Waals surface area (Å²) >= 11 is 0. The fourth-order valence-corrected chi connectivity index (χ4v) is 4.15. The van der Waals surface area contributed by atoms with Crippen LogP contribution in [0.25, 0.3) is 0 Å². The lowest BCUT2D eigenvalue weighted by Crippen LogP contribution is -2.46. The molecular weight excluding hydrogens is 208 g/mol. The fraction of sp³-hybridized carbons (Fsp3) is 0.812. The van der Waals surface area contributed by atoms with Gasteiger partial charge in [-0.3, -0.25) is 4.79 Å². The highest BCUT2D eigenvalue weighted by atomic mass is 16.1. The van der Waals surface area contributed by atoms with Crippen LogP contribution in [0.15, 0.2) is 11.6 Å². The van der Waals surface area contributed by atoms with Crippen molar-refractivity contribution in [3.63, 3.8) is 0 Å². The zero-order valence-electron chi connectivity index (χ0n) is 12.0. The molecule has 17 heavy (non-hydrogen) atoms. The summed E-state index contributed by atoms with van der Waals surface area (Å²) in [5, 5.41) is 0. The summed E-state index contributed by atoms with van der Waals surface area (Å²) in [6, 6.07) is 0. The number of hydrogen-bond donors (Lipinski definition) is 0. The van der Waals surface area contributed by atoms with Gasteiger partial charge >= 0.3 is 0 Å². The Hall–Kier alpha value is -0.590. The van der Waals surface area contributed by atoms with Gasteiger partial charge in [0.1, 0.15) is 5.78 Å². The first-order valence-electron chi connectivity index (χ1n) is 6.99. The topological polar surface area (TPSA) is 17.1 Å². The molecule has 2 rings (SSSR count). The molecule has 3 atom stereocenters. The minimum absolute atomic E-state index is 0.136. The summed E-state index contributed by atoms with van der Waals surface area (Å²) in [5.41, 5.74) is 1.86. The van der Waals surface area contributed by atoms with E-state index in [-0.39, 0.29) is 5.41 Å². The van der Waals surface area contributed by atoms with Gasteiger partial charge in [0.25, 0.3) is 0 Å². The first kappa shape index (κ1) is 12.9. The molecule has 1 nitrogen and oxygen atoms in total. The number of carbonyl (C=O) groups is 1. The van der Waals surface area contributed by atoms with E-state index in [0.29, 0.717) is 23.0 Å². The first-order chi connectivity index (χ1) is 7.79. The lowest BCUT2D eigenvalue weighted by Gasteiger charge is -2.52. The van der Waals surface area contributed by atoms with E-state index in [1.165, 1.54) is 19.3 Å². The summed E-state index contributed by atoms with van der Waals surface area (Å²) in [6.07, 6.45) is 7.21. The molecule has 0 aromatic heterocycles. The maximum atomic E-state index is 12.0. The predicted octanol–water partition coefficient (Wildman–Crippen LogP) is 4.37. The molecule has 2 aliphatic carbocycles. The Labute approximate surface area is 106 Å². The third-order valence-corrected chi connectivity index (χ3v) is 5.63. The van der Waals surface area contributed by atoms with Crippen LogP contribution in [-0.2, 0) is 4.79 Å². The molecular formula is C16H26O. The molecule has 0 spiro atoms. The zero-order valence-corrected chi connectivity index (χ0v) is 12.0. The molecule has 0 radical (unpaired) electrons. The molecule has 96 valence electrons. The normalized spacial score (nSPS) is 40.4. The van der Waals surface area contributed by atoms with Crippen LogP contribution in [-0.4, -0.2) is 5.78 Å². The van der Waals surface area contributed by atoms with Gasteiger partial charge in [-0.05, 0) is 49.9 Å². The van der Waals surface area contributed by atoms with Crippen molar-refractivity contribution in [2.45, 2.75) is 60.3 Å². The van der Waals surface area contributed by atoms with Gasteiger partial charge in [0.2, 0.25) is 0 Å². The highest BCUT2D eigenvalue weighted by Gasteiger charge is 2.49. The van der Waals surface area contributed by atoms with Crippen LogP contribution in [0.3, 0.4) is 0 Å². The van der Waals surface area contributed by atoms with E-state index in [2.05, 4.69) is 33.8 Å². The molecule has 2 aliphatic rings. The largest absolute Gasteiger partial charge is 0.299 e. The van der Waals surface area contributed by atoms with Crippen LogP contribution in [0.4, 0.5) is 0 Å². The molecule has 0 saturated heterocycles. The molecule has 1 saturated carbocycles. The molecule has 0 bridgehead atoms. The van der Waals surface area contributed by atoms with Crippen molar-refractivity contribution in [2.24, 2.45) is 22.7 Å². The molecule has 0 aromatic carbocycles. The minimum Gasteiger partial charge on any atom is -0.299 e. The minimum atomic E-state index is -0.136. The maximum Gasteiger partial charge on any atom is 0.136 e. The summed E-state index contributed by atoms with van der Waals surface area (Å²) in [6.45, 7) is 11.0. The molecule has 0 N–H and O–H groups in total. The third-order valence-electron chi connectivity index (χ3n) is 5.63. The zero-order chi connectivity index (χ0) is 12.8. The Morgan fingerprint density at radius 1 is 1.35 bits per heavy atom. The number of allylic oxidation sites excluding steroid dienone is 2. The summed E-state index contributed by atoms with van der Waals surface area (Å²) in [4.78, 5) is 12.0. The number of fused-ring (bicyclic) bond motifs is 1. The van der Waals surface area contributed by atoms with Crippen LogP contribution >= 0.6 is 0 Å². The lowest BCUT2D eigenvalue weighted by atomic mass is 9.52. The molecule has 0 aromatic rings. The van der Waals surface area contributed by atoms with Crippen molar-refractivity contribution < 1.29 is 4.79 Å². The highest BCUT2D eigenvalue weighted by Crippen LogP contribution is 2.55. The molecule has 1 fully saturated rings. The number of Topliss-reactive ketones (excluding diaryl/α,β-unsaturated/α-hetero) is 1. The van der Waals surface area contributed by atoms with Crippen molar-refractivity contribution >= 4 is 5.78 Å². The predicted molar refractivity (Wildman–Crippen MR) is 71.8 cm³/mol. The van der Waals surface area contributed by atoms with Gasteiger partial charge in [0.15, 0.2) is 0 Å². The van der Waals surface area contributed by atoms with Gasteiger partial charge in [0.05, 0.1) is 0 Å². The second kappa shape index (κ2) is 3.96. The van der Waals surface area contributed by atoms with E-state index < -0.39 is 0 Å². The van der Waals surface area contributed by atoms with Crippen molar-refractivity contribution in [1.29, 1.82) is 0 Å². The van der Waals surface area contributed by atoms with Gasteiger partial charge < -0.3 is 0 Å². The van der Waals surface area contributed by atoms with Crippen LogP contribution < -0.4 is 0 Å². The lowest BCUT2D eigenvalue weighted by molar-refractivity contribution is -0.131. The van der Waals surface area contributed by atoms with E-state index in [9.17, 15) is 4.79 Å². The van der Waals surface area contributed by atoms with Crippen molar-refractivity contribution in [3.05, 3.63) is 11.6 Å². The van der Waals surface area contributed by atoms with E-state index in [0.717, 1.165) is 6.42 Å². The number of ketones is 1. The van der Waals surface area contributed by atoms with Gasteiger partial charge in [-0.1, -0.05) is 39.3 Å². The van der Waals surface area contributed by atoms with Gasteiger partial charge in [0, 0.05) is 5.41 Å². The number of carbonyl (C=O) groups excluding carboxylic acids is 1. The van der Waals surface area contributed by atoms with Crippen LogP contribution in [0, 0.1) is 22.7 Å². The van der Waals surface area contributed by atoms with Crippen LogP contribution in [0.5, 0.6) is 0 Å². The monoisotopic (exact) mass is 234 g/mol. The third kappa shape index (κ3) is 1.88. The van der Waals surface area contributed by atoms with Gasteiger partial charge in [-0.2, -0.15) is 0 Å². The second-order valence-electron chi connectivity index (χ2n) is 7.07. The van der Waals surface area contributed by atoms with Crippen LogP contribution in [0.2, 0.25) is 0 Å². The Bertz CT molecular complexity index is 364. The first-order valence-corrected chi connectivity index (χ1v) is 6.99. The Morgan fingerprint density at radius 2 is 2.00 bits per heavy atom. The maximum absolute atomic E-state index is 12.0. The number of hydrogen-bond acceptors (Lipinski definition) is 1. The summed E-state index contributed by atoms with van der Waals surface area (Å²) in [7, 11) is 0. The quantitative estimate of drug-likeness (QED) is 0.616. The molecule has 0 amide bonds. The Balaban J connectivity index is 2.41. The second-order valence-corrected chi connectivity index (χ2v) is 7.07. The summed E-state index contributed by atoms with van der Waals surface area (Å²) < 4.78 is 0. The SMILES string of the molecule is CC(=O)[C@@]1(C)CC=C2CCCC(C)(C)C2C1C. The average molecular weight is 234 g/mol. The van der Waals surface area contributed by atoms with Crippen molar-refractivity contribution in [1.82, 2.24) is 0 Å². The van der Waals surface area contributed by atoms with E-state index in [1.807, 2.05) is 0 Å². The Kier molecular flexibility index (Phi) is 3.00. The summed E-state index contributed by atoms with van der Waals surface area (Å²) in [5.74, 6) is 1.45. The van der Waals surface area contributed by atoms with Crippen molar-refractivity contribution in [3.8, 4) is 0 Å². The number of rotatable bonds is 1. The van der Waals surface area contributed by atoms with E-state index in [4.69, 9.17) is 0 Å². The molecule has 2 unspecified atom stereocenters. The Morgan fingerprint density at radius 3 is 2.59 bits per heavy atom.